The molecule has 0 amide bonds. The van der Waals surface area contributed by atoms with E-state index in [9.17, 15) is 14.3 Å². The molecular weight excluding hydrogens is 285 g/mol. The van der Waals surface area contributed by atoms with Gasteiger partial charge in [-0.1, -0.05) is 12.1 Å². The summed E-state index contributed by atoms with van der Waals surface area (Å²) in [6.45, 7) is 3.43. The Kier molecular flexibility index (Phi) is 4.37. The Bertz CT molecular complexity index is 848. The third kappa shape index (κ3) is 2.61. The van der Waals surface area contributed by atoms with Crippen LogP contribution < -0.4 is 5.56 Å². The van der Waals surface area contributed by atoms with Crippen molar-refractivity contribution in [3.63, 3.8) is 0 Å². The monoisotopic (exact) mass is 299 g/mol. The van der Waals surface area contributed by atoms with Crippen molar-refractivity contribution in [2.24, 2.45) is 4.99 Å². The normalized spacial score (nSPS) is 10.8. The Hall–Kier alpha value is -2.94. The summed E-state index contributed by atoms with van der Waals surface area (Å²) in [4.78, 5) is 16.0. The number of aromatic nitrogens is 1. The fourth-order valence-electron chi connectivity index (χ4n) is 2.11. The zero-order chi connectivity index (χ0) is 16.3. The van der Waals surface area contributed by atoms with Crippen LogP contribution >= 0.6 is 0 Å². The number of pyridine rings is 1. The SMILES string of the molecule is CCn1c(O)c(C=Nc2ccccc2F)c(C)c(C#N)c1=O. The summed E-state index contributed by atoms with van der Waals surface area (Å²) in [5.74, 6) is -0.788. The van der Waals surface area contributed by atoms with Crippen LogP contribution in [0.3, 0.4) is 0 Å². The molecule has 0 fully saturated rings. The molecule has 2 rings (SSSR count). The fraction of sp³-hybridized carbons (Fsp3) is 0.188. The Labute approximate surface area is 126 Å². The molecule has 0 aliphatic carbocycles. The molecule has 1 aromatic carbocycles. The largest absolute Gasteiger partial charge is 0.494 e. The molecule has 112 valence electrons. The average molecular weight is 299 g/mol. The second-order valence-electron chi connectivity index (χ2n) is 4.61. The van der Waals surface area contributed by atoms with Crippen LogP contribution in [0.5, 0.6) is 5.88 Å². The maximum absolute atomic E-state index is 13.6. The molecule has 1 aromatic heterocycles. The predicted molar refractivity (Wildman–Crippen MR) is 81.1 cm³/mol. The van der Waals surface area contributed by atoms with Gasteiger partial charge in [-0.25, -0.2) is 4.39 Å². The highest BCUT2D eigenvalue weighted by Crippen LogP contribution is 2.22. The van der Waals surface area contributed by atoms with Gasteiger partial charge in [-0.2, -0.15) is 5.26 Å². The first-order chi connectivity index (χ1) is 10.5. The lowest BCUT2D eigenvalue weighted by Gasteiger charge is -2.12. The van der Waals surface area contributed by atoms with E-state index in [-0.39, 0.29) is 29.2 Å². The maximum atomic E-state index is 13.6. The highest BCUT2D eigenvalue weighted by Gasteiger charge is 2.16. The summed E-state index contributed by atoms with van der Waals surface area (Å²) >= 11 is 0. The molecule has 0 radical (unpaired) electrons. The number of nitriles is 1. The van der Waals surface area contributed by atoms with Gasteiger partial charge in [-0.3, -0.25) is 14.4 Å². The molecule has 0 saturated carbocycles. The van der Waals surface area contributed by atoms with E-state index in [1.54, 1.807) is 26.0 Å². The van der Waals surface area contributed by atoms with Gasteiger partial charge in [0.1, 0.15) is 17.4 Å². The molecule has 0 aliphatic heterocycles. The number of halogens is 1. The van der Waals surface area contributed by atoms with Gasteiger partial charge in [0, 0.05) is 12.8 Å². The predicted octanol–water partition coefficient (Wildman–Crippen LogP) is 2.64. The zero-order valence-electron chi connectivity index (χ0n) is 12.2. The van der Waals surface area contributed by atoms with Crippen molar-refractivity contribution in [1.29, 1.82) is 5.26 Å². The standard InChI is InChI=1S/C16H14FN3O2/c1-3-20-15(21)11(8-18)10(2)12(16(20)22)9-19-14-7-5-4-6-13(14)17/h4-7,9,22H,3H2,1-2H3. The molecule has 0 bridgehead atoms. The van der Waals surface area contributed by atoms with Crippen molar-refractivity contribution in [3.8, 4) is 11.9 Å². The van der Waals surface area contributed by atoms with Crippen LogP contribution in [-0.4, -0.2) is 15.9 Å². The molecule has 2 aromatic rings. The van der Waals surface area contributed by atoms with E-state index < -0.39 is 11.4 Å². The smallest absolute Gasteiger partial charge is 0.271 e. The van der Waals surface area contributed by atoms with Gasteiger partial charge in [0.25, 0.3) is 5.56 Å². The van der Waals surface area contributed by atoms with Crippen molar-refractivity contribution in [1.82, 2.24) is 4.57 Å². The Balaban J connectivity index is 2.64. The van der Waals surface area contributed by atoms with Gasteiger partial charge in [0.05, 0.1) is 11.3 Å². The quantitative estimate of drug-likeness (QED) is 0.885. The van der Waals surface area contributed by atoms with E-state index in [1.165, 1.54) is 18.3 Å². The van der Waals surface area contributed by atoms with Gasteiger partial charge in [-0.15, -0.1) is 0 Å². The van der Waals surface area contributed by atoms with Crippen LogP contribution in [-0.2, 0) is 6.54 Å². The number of hydrogen-bond donors (Lipinski definition) is 1. The van der Waals surface area contributed by atoms with Crippen molar-refractivity contribution in [3.05, 3.63) is 57.1 Å². The molecule has 0 saturated heterocycles. The zero-order valence-corrected chi connectivity index (χ0v) is 12.2. The minimum Gasteiger partial charge on any atom is -0.494 e. The Morgan fingerprint density at radius 3 is 2.73 bits per heavy atom. The van der Waals surface area contributed by atoms with E-state index in [0.29, 0.717) is 5.56 Å². The summed E-state index contributed by atoms with van der Waals surface area (Å²) in [7, 11) is 0. The van der Waals surface area contributed by atoms with Crippen molar-refractivity contribution < 1.29 is 9.50 Å². The van der Waals surface area contributed by atoms with Gasteiger partial charge in [0.15, 0.2) is 0 Å². The number of aromatic hydroxyl groups is 1. The lowest BCUT2D eigenvalue weighted by molar-refractivity contribution is 0.409. The van der Waals surface area contributed by atoms with Crippen LogP contribution in [0.1, 0.15) is 23.6 Å². The topological polar surface area (TPSA) is 78.4 Å². The first-order valence-electron chi connectivity index (χ1n) is 6.66. The lowest BCUT2D eigenvalue weighted by Crippen LogP contribution is -2.24. The van der Waals surface area contributed by atoms with Crippen molar-refractivity contribution in [2.45, 2.75) is 20.4 Å². The van der Waals surface area contributed by atoms with Gasteiger partial charge < -0.3 is 5.11 Å². The molecule has 1 N–H and O–H groups in total. The van der Waals surface area contributed by atoms with Crippen LogP contribution in [0, 0.1) is 24.1 Å². The van der Waals surface area contributed by atoms with Gasteiger partial charge >= 0.3 is 0 Å². The van der Waals surface area contributed by atoms with E-state index >= 15 is 0 Å². The number of nitrogens with zero attached hydrogens (tertiary/aromatic N) is 3. The minimum atomic E-state index is -0.553. The van der Waals surface area contributed by atoms with Gasteiger partial charge in [-0.05, 0) is 31.5 Å². The number of rotatable bonds is 3. The van der Waals surface area contributed by atoms with Crippen LogP contribution in [0.15, 0.2) is 34.1 Å². The summed E-state index contributed by atoms with van der Waals surface area (Å²) in [5, 5.41) is 19.3. The first kappa shape index (κ1) is 15.4. The molecule has 6 heteroatoms. The number of para-hydroxylation sites is 1. The molecule has 0 aliphatic rings. The second-order valence-corrected chi connectivity index (χ2v) is 4.61. The van der Waals surface area contributed by atoms with E-state index in [4.69, 9.17) is 5.26 Å². The van der Waals surface area contributed by atoms with Crippen LogP contribution in [0.25, 0.3) is 0 Å². The molecule has 1 heterocycles. The van der Waals surface area contributed by atoms with Crippen LogP contribution in [0.2, 0.25) is 0 Å². The summed E-state index contributed by atoms with van der Waals surface area (Å²) in [5.41, 5.74) is 0.0303. The Morgan fingerprint density at radius 2 is 2.14 bits per heavy atom. The second kappa shape index (κ2) is 6.22. The van der Waals surface area contributed by atoms with Crippen molar-refractivity contribution in [2.75, 3.05) is 0 Å². The molecule has 0 unspecified atom stereocenters. The molecule has 5 nitrogen and oxygen atoms in total. The first-order valence-corrected chi connectivity index (χ1v) is 6.66. The number of hydrogen-bond acceptors (Lipinski definition) is 4. The molecular formula is C16H14FN3O2. The van der Waals surface area contributed by atoms with Gasteiger partial charge in [0.2, 0.25) is 5.88 Å². The fourth-order valence-corrected chi connectivity index (χ4v) is 2.11. The van der Waals surface area contributed by atoms with E-state index in [1.807, 2.05) is 6.07 Å². The highest BCUT2D eigenvalue weighted by atomic mass is 19.1. The summed E-state index contributed by atoms with van der Waals surface area (Å²) in [6, 6.07) is 7.77. The summed E-state index contributed by atoms with van der Waals surface area (Å²) in [6.07, 6.45) is 1.26. The third-order valence-electron chi connectivity index (χ3n) is 3.35. The molecule has 0 spiro atoms. The van der Waals surface area contributed by atoms with E-state index in [0.717, 1.165) is 4.57 Å². The highest BCUT2D eigenvalue weighted by molar-refractivity contribution is 5.87. The third-order valence-corrected chi connectivity index (χ3v) is 3.35. The average Bonchev–Trinajstić information content (AvgIpc) is 2.49. The Morgan fingerprint density at radius 1 is 1.45 bits per heavy atom. The summed E-state index contributed by atoms with van der Waals surface area (Å²) < 4.78 is 14.6. The minimum absolute atomic E-state index is 0.0605. The van der Waals surface area contributed by atoms with Crippen LogP contribution in [0.4, 0.5) is 10.1 Å². The molecule has 22 heavy (non-hydrogen) atoms. The maximum Gasteiger partial charge on any atom is 0.271 e. The van der Waals surface area contributed by atoms with Crippen molar-refractivity contribution >= 4 is 11.9 Å². The number of benzene rings is 1. The lowest BCUT2D eigenvalue weighted by atomic mass is 10.1. The van der Waals surface area contributed by atoms with E-state index in [2.05, 4.69) is 4.99 Å². The number of aliphatic imine (C=N–C) groups is 1. The molecule has 0 atom stereocenters.